The Balaban J connectivity index is 1.92. The fourth-order valence-corrected chi connectivity index (χ4v) is 4.42. The second kappa shape index (κ2) is 6.29. The van der Waals surface area contributed by atoms with Gasteiger partial charge in [0.25, 0.3) is 0 Å². The lowest BCUT2D eigenvalue weighted by atomic mass is 10.0. The lowest BCUT2D eigenvalue weighted by molar-refractivity contribution is 1.03. The van der Waals surface area contributed by atoms with Crippen LogP contribution in [0.15, 0.2) is 59.6 Å². The minimum Gasteiger partial charge on any atom is -0.259 e. The Morgan fingerprint density at radius 1 is 0.913 bits per heavy atom. The second-order valence-corrected chi connectivity index (χ2v) is 7.74. The monoisotopic (exact) mass is 431 g/mol. The summed E-state index contributed by atoms with van der Waals surface area (Å²) in [4.78, 5) is 4.17. The van der Waals surface area contributed by atoms with Crippen molar-refractivity contribution in [3.63, 3.8) is 0 Å². The third-order valence-electron chi connectivity index (χ3n) is 3.57. The molecule has 3 nitrogen and oxygen atoms in total. The third kappa shape index (κ3) is 2.96. The molecule has 1 aliphatic heterocycles. The fourth-order valence-electron chi connectivity index (χ4n) is 2.51. The molecule has 0 saturated carbocycles. The molecular formula is C18H11ClIN3. The fraction of sp³-hybridized carbons (Fsp3) is 0. The molecule has 0 spiro atoms. The number of benzene rings is 2. The van der Waals surface area contributed by atoms with Crippen molar-refractivity contribution in [1.82, 2.24) is 10.2 Å². The summed E-state index contributed by atoms with van der Waals surface area (Å²) in [5, 5.41) is 11.2. The zero-order valence-corrected chi connectivity index (χ0v) is 14.9. The van der Waals surface area contributed by atoms with Crippen molar-refractivity contribution in [1.29, 1.82) is 0 Å². The molecule has 0 unspecified atom stereocenters. The van der Waals surface area contributed by atoms with E-state index >= 15 is 0 Å². The normalized spacial score (nSPS) is 13.7. The molecule has 1 aliphatic rings. The highest BCUT2D eigenvalue weighted by atomic mass is 127. The lowest BCUT2D eigenvalue weighted by Crippen LogP contribution is -1.95. The summed E-state index contributed by atoms with van der Waals surface area (Å²) in [6.45, 7) is 0. The maximum Gasteiger partial charge on any atom is 0.152 e. The Bertz CT molecular complexity index is 992. The third-order valence-corrected chi connectivity index (χ3v) is 5.97. The van der Waals surface area contributed by atoms with Gasteiger partial charge in [-0.2, -0.15) is 0 Å². The van der Waals surface area contributed by atoms with Gasteiger partial charge in [0.15, 0.2) is 5.15 Å². The van der Waals surface area contributed by atoms with E-state index < -0.39 is 0 Å². The largest absolute Gasteiger partial charge is 0.259 e. The van der Waals surface area contributed by atoms with E-state index in [0.29, 0.717) is 5.15 Å². The van der Waals surface area contributed by atoms with Crippen molar-refractivity contribution >= 4 is 57.0 Å². The average molecular weight is 432 g/mol. The van der Waals surface area contributed by atoms with Crippen LogP contribution in [0.2, 0.25) is 5.15 Å². The first-order valence-corrected chi connectivity index (χ1v) is 9.73. The van der Waals surface area contributed by atoms with Crippen LogP contribution in [-0.2, 0) is 0 Å². The van der Waals surface area contributed by atoms with E-state index in [1.54, 1.807) is 0 Å². The van der Waals surface area contributed by atoms with Crippen molar-refractivity contribution in [2.45, 2.75) is 0 Å². The highest BCUT2D eigenvalue weighted by Crippen LogP contribution is 2.36. The minimum absolute atomic E-state index is 0.275. The van der Waals surface area contributed by atoms with Gasteiger partial charge in [-0.25, -0.2) is 0 Å². The van der Waals surface area contributed by atoms with Crippen molar-refractivity contribution in [2.24, 2.45) is 4.99 Å². The molecule has 0 amide bonds. The number of nitrogens with zero attached hydrogens (tertiary/aromatic N) is 3. The van der Waals surface area contributed by atoms with E-state index in [2.05, 4.69) is 45.5 Å². The standard InChI is InChI=1S/C18H11ClIN3/c19-17-10-15(16-7-8-21-11-20-16)18(23-22-17)14-6-5-12-3-1-2-4-13(12)9-14/h1-11H. The van der Waals surface area contributed by atoms with E-state index in [9.17, 15) is 0 Å². The van der Waals surface area contributed by atoms with Gasteiger partial charge >= 0.3 is 0 Å². The van der Waals surface area contributed by atoms with Gasteiger partial charge in [0, 0.05) is 20.9 Å². The predicted octanol–water partition coefficient (Wildman–Crippen LogP) is 5.11. The molecule has 0 bridgehead atoms. The molecule has 5 heteroatoms. The molecule has 4 rings (SSSR count). The van der Waals surface area contributed by atoms with Gasteiger partial charge in [-0.3, -0.25) is 4.99 Å². The van der Waals surface area contributed by atoms with Crippen LogP contribution in [0, 0.1) is 0 Å². The van der Waals surface area contributed by atoms with Crippen LogP contribution in [0.4, 0.5) is 0 Å². The van der Waals surface area contributed by atoms with Gasteiger partial charge < -0.3 is 0 Å². The van der Waals surface area contributed by atoms with Gasteiger partial charge in [-0.1, -0.05) is 68.7 Å². The predicted molar refractivity (Wildman–Crippen MR) is 107 cm³/mol. The van der Waals surface area contributed by atoms with Crippen LogP contribution in [0.1, 0.15) is 5.56 Å². The molecule has 0 fully saturated rings. The average Bonchev–Trinajstić information content (AvgIpc) is 2.62. The number of hydrogen-bond acceptors (Lipinski definition) is 3. The Morgan fingerprint density at radius 3 is 2.61 bits per heavy atom. The van der Waals surface area contributed by atoms with Crippen molar-refractivity contribution < 1.29 is 0 Å². The van der Waals surface area contributed by atoms with Crippen LogP contribution in [0.3, 0.4) is 0 Å². The lowest BCUT2D eigenvalue weighted by Gasteiger charge is -2.10. The van der Waals surface area contributed by atoms with Crippen LogP contribution in [-0.4, -0.2) is 20.5 Å². The SMILES string of the molecule is Clc1cc(C2=CC=NC=I2)c(-c2ccc3ccccc3c2)nn1. The first kappa shape index (κ1) is 14.7. The van der Waals surface area contributed by atoms with Crippen molar-refractivity contribution in [3.05, 3.63) is 65.3 Å². The van der Waals surface area contributed by atoms with Gasteiger partial charge in [0.05, 0.1) is 4.14 Å². The quantitative estimate of drug-likeness (QED) is 0.529. The molecule has 0 saturated heterocycles. The Hall–Kier alpha value is -1.92. The van der Waals surface area contributed by atoms with E-state index in [1.165, 1.54) is 14.4 Å². The first-order valence-electron chi connectivity index (χ1n) is 7.02. The van der Waals surface area contributed by atoms with Crippen molar-refractivity contribution in [2.75, 3.05) is 0 Å². The molecule has 112 valence electrons. The molecule has 0 N–H and O–H groups in total. The summed E-state index contributed by atoms with van der Waals surface area (Å²) in [6.07, 6.45) is 3.86. The zero-order valence-electron chi connectivity index (χ0n) is 11.9. The maximum atomic E-state index is 6.09. The van der Waals surface area contributed by atoms with E-state index in [0.717, 1.165) is 16.8 Å². The molecular weight excluding hydrogens is 421 g/mol. The molecule has 3 aromatic rings. The summed E-state index contributed by atoms with van der Waals surface area (Å²) in [5.74, 6) is 0. The molecule has 0 atom stereocenters. The molecule has 2 heterocycles. The topological polar surface area (TPSA) is 38.1 Å². The minimum atomic E-state index is -0.275. The van der Waals surface area contributed by atoms with E-state index in [1.807, 2.05) is 34.6 Å². The number of allylic oxidation sites excluding steroid dienone is 1. The van der Waals surface area contributed by atoms with Crippen LogP contribution in [0.25, 0.3) is 25.6 Å². The number of aromatic nitrogens is 2. The van der Waals surface area contributed by atoms with Crippen LogP contribution in [0.5, 0.6) is 0 Å². The van der Waals surface area contributed by atoms with Gasteiger partial charge in [0.2, 0.25) is 0 Å². The van der Waals surface area contributed by atoms with Gasteiger partial charge in [0.1, 0.15) is 5.69 Å². The summed E-state index contributed by atoms with van der Waals surface area (Å²) < 4.78 is 3.24. The Kier molecular flexibility index (Phi) is 4.01. The zero-order chi connectivity index (χ0) is 15.6. The summed E-state index contributed by atoms with van der Waals surface area (Å²) in [5.41, 5.74) is 2.97. The molecule has 1 aromatic heterocycles. The first-order chi connectivity index (χ1) is 11.3. The molecule has 0 radical (unpaired) electrons. The number of fused-ring (bicyclic) bond motifs is 1. The summed E-state index contributed by atoms with van der Waals surface area (Å²) >= 11 is 5.81. The summed E-state index contributed by atoms with van der Waals surface area (Å²) in [7, 11) is 0. The number of halogens is 2. The highest BCUT2D eigenvalue weighted by Gasteiger charge is 2.13. The second-order valence-electron chi connectivity index (χ2n) is 5.01. The van der Waals surface area contributed by atoms with E-state index in [-0.39, 0.29) is 20.7 Å². The number of rotatable bonds is 2. The van der Waals surface area contributed by atoms with Crippen LogP contribution >= 0.6 is 32.3 Å². The maximum absolute atomic E-state index is 6.09. The van der Waals surface area contributed by atoms with Gasteiger partial charge in [-0.15, -0.1) is 10.2 Å². The van der Waals surface area contributed by atoms with Crippen molar-refractivity contribution in [3.8, 4) is 11.3 Å². The van der Waals surface area contributed by atoms with Gasteiger partial charge in [-0.05, 0) is 29.0 Å². The Labute approximate surface area is 148 Å². The highest BCUT2D eigenvalue weighted by molar-refractivity contribution is 14.2. The number of hydrogen-bond donors (Lipinski definition) is 0. The molecule has 2 aromatic carbocycles. The Morgan fingerprint density at radius 2 is 1.78 bits per heavy atom. The number of aliphatic imine (C=N–C) groups is 1. The smallest absolute Gasteiger partial charge is 0.152 e. The summed E-state index contributed by atoms with van der Waals surface area (Å²) in [6, 6.07) is 16.5. The van der Waals surface area contributed by atoms with Crippen LogP contribution < -0.4 is 0 Å². The molecule has 0 aliphatic carbocycles. The molecule has 23 heavy (non-hydrogen) atoms. The van der Waals surface area contributed by atoms with E-state index in [4.69, 9.17) is 11.6 Å².